The fourth-order valence-corrected chi connectivity index (χ4v) is 0.934. The second-order valence-electron chi connectivity index (χ2n) is 3.78. The maximum absolute atomic E-state index is 10.7. The molecule has 0 aliphatic carbocycles. The van der Waals surface area contributed by atoms with E-state index in [2.05, 4.69) is 13.2 Å². The lowest BCUT2D eigenvalue weighted by Crippen LogP contribution is -2.22. The molecule has 0 aromatic rings. The van der Waals surface area contributed by atoms with Crippen molar-refractivity contribution in [2.75, 3.05) is 13.2 Å². The van der Waals surface area contributed by atoms with Crippen molar-refractivity contribution in [2.45, 2.75) is 20.3 Å². The van der Waals surface area contributed by atoms with Crippen molar-refractivity contribution in [3.05, 3.63) is 24.8 Å². The number of hydrogen-bond donors (Lipinski definition) is 1. The molecule has 0 aliphatic heterocycles. The lowest BCUT2D eigenvalue weighted by molar-refractivity contribution is -0.133. The van der Waals surface area contributed by atoms with Crippen molar-refractivity contribution < 1.29 is 14.6 Å². The average molecular weight is 198 g/mol. The van der Waals surface area contributed by atoms with E-state index >= 15 is 0 Å². The van der Waals surface area contributed by atoms with Crippen LogP contribution in [0.5, 0.6) is 0 Å². The molecule has 3 nitrogen and oxygen atoms in total. The van der Waals surface area contributed by atoms with Crippen LogP contribution in [-0.2, 0) is 9.53 Å². The molecule has 0 aliphatic rings. The third kappa shape index (κ3) is 4.23. The van der Waals surface area contributed by atoms with E-state index in [-0.39, 0.29) is 5.57 Å². The Morgan fingerprint density at radius 1 is 1.57 bits per heavy atom. The predicted molar refractivity (Wildman–Crippen MR) is 56.2 cm³/mol. The van der Waals surface area contributed by atoms with E-state index in [1.54, 1.807) is 6.08 Å². The minimum atomic E-state index is -0.946. The SMILES string of the molecule is C=CCOCCC(C)(C)C(=C)C(=O)O. The molecule has 80 valence electrons. The number of carboxylic acid groups (broad SMARTS) is 1. The maximum Gasteiger partial charge on any atom is 0.331 e. The van der Waals surface area contributed by atoms with Crippen molar-refractivity contribution >= 4 is 5.97 Å². The number of hydrogen-bond acceptors (Lipinski definition) is 2. The minimum Gasteiger partial charge on any atom is -0.478 e. The summed E-state index contributed by atoms with van der Waals surface area (Å²) in [6.07, 6.45) is 2.31. The van der Waals surface area contributed by atoms with E-state index in [0.717, 1.165) is 0 Å². The molecule has 0 amide bonds. The van der Waals surface area contributed by atoms with E-state index in [9.17, 15) is 4.79 Å². The van der Waals surface area contributed by atoms with Gasteiger partial charge in [-0.1, -0.05) is 26.5 Å². The normalized spacial score (nSPS) is 11.0. The van der Waals surface area contributed by atoms with Crippen molar-refractivity contribution in [3.8, 4) is 0 Å². The lowest BCUT2D eigenvalue weighted by atomic mass is 9.82. The molecule has 0 radical (unpaired) electrons. The summed E-state index contributed by atoms with van der Waals surface area (Å²) >= 11 is 0. The summed E-state index contributed by atoms with van der Waals surface area (Å²) in [6, 6.07) is 0. The Bertz CT molecular complexity index is 229. The molecule has 1 N–H and O–H groups in total. The molecule has 0 heterocycles. The second-order valence-corrected chi connectivity index (χ2v) is 3.78. The molecule has 0 saturated carbocycles. The first kappa shape index (κ1) is 12.9. The van der Waals surface area contributed by atoms with Crippen LogP contribution < -0.4 is 0 Å². The summed E-state index contributed by atoms with van der Waals surface area (Å²) in [4.78, 5) is 10.7. The third-order valence-electron chi connectivity index (χ3n) is 2.18. The van der Waals surface area contributed by atoms with Crippen molar-refractivity contribution in [2.24, 2.45) is 5.41 Å². The van der Waals surface area contributed by atoms with Crippen molar-refractivity contribution in [3.63, 3.8) is 0 Å². The van der Waals surface area contributed by atoms with Gasteiger partial charge in [-0.3, -0.25) is 0 Å². The van der Waals surface area contributed by atoms with E-state index in [0.29, 0.717) is 19.6 Å². The largest absolute Gasteiger partial charge is 0.478 e. The molecule has 0 spiro atoms. The second kappa shape index (κ2) is 5.60. The van der Waals surface area contributed by atoms with Crippen LogP contribution in [0.15, 0.2) is 24.8 Å². The summed E-state index contributed by atoms with van der Waals surface area (Å²) < 4.78 is 5.20. The number of aliphatic carboxylic acids is 1. The summed E-state index contributed by atoms with van der Waals surface area (Å²) in [7, 11) is 0. The van der Waals surface area contributed by atoms with Gasteiger partial charge < -0.3 is 9.84 Å². The lowest BCUT2D eigenvalue weighted by Gasteiger charge is -2.24. The van der Waals surface area contributed by atoms with Gasteiger partial charge in [-0.05, 0) is 11.8 Å². The van der Waals surface area contributed by atoms with Gasteiger partial charge in [0.1, 0.15) is 0 Å². The number of ether oxygens (including phenoxy) is 1. The van der Waals surface area contributed by atoms with Gasteiger partial charge in [0.05, 0.1) is 6.61 Å². The highest BCUT2D eigenvalue weighted by Gasteiger charge is 2.26. The number of carbonyl (C=O) groups is 1. The smallest absolute Gasteiger partial charge is 0.331 e. The zero-order valence-electron chi connectivity index (χ0n) is 8.88. The van der Waals surface area contributed by atoms with Crippen LogP contribution in [0.3, 0.4) is 0 Å². The summed E-state index contributed by atoms with van der Waals surface area (Å²) in [6.45, 7) is 11.8. The fraction of sp³-hybridized carbons (Fsp3) is 0.545. The van der Waals surface area contributed by atoms with Gasteiger partial charge in [-0.15, -0.1) is 6.58 Å². The van der Waals surface area contributed by atoms with Crippen LogP contribution in [0.25, 0.3) is 0 Å². The number of carboxylic acids is 1. The van der Waals surface area contributed by atoms with E-state index in [1.165, 1.54) is 0 Å². The minimum absolute atomic E-state index is 0.222. The van der Waals surface area contributed by atoms with Gasteiger partial charge in [-0.2, -0.15) is 0 Å². The molecule has 0 aromatic heterocycles. The Balaban J connectivity index is 4.00. The quantitative estimate of drug-likeness (QED) is 0.387. The molecular weight excluding hydrogens is 180 g/mol. The molecule has 0 fully saturated rings. The Labute approximate surface area is 85.1 Å². The zero-order chi connectivity index (χ0) is 11.2. The maximum atomic E-state index is 10.7. The molecule has 3 heteroatoms. The monoisotopic (exact) mass is 198 g/mol. The average Bonchev–Trinajstić information content (AvgIpc) is 2.11. The van der Waals surface area contributed by atoms with Crippen LogP contribution >= 0.6 is 0 Å². The van der Waals surface area contributed by atoms with Gasteiger partial charge in [0.25, 0.3) is 0 Å². The molecule has 0 rings (SSSR count). The van der Waals surface area contributed by atoms with Gasteiger partial charge >= 0.3 is 5.97 Å². The first-order chi connectivity index (χ1) is 6.41. The van der Waals surface area contributed by atoms with Crippen LogP contribution in [-0.4, -0.2) is 24.3 Å². The van der Waals surface area contributed by atoms with Gasteiger partial charge in [0.15, 0.2) is 0 Å². The van der Waals surface area contributed by atoms with Crippen LogP contribution in [0.4, 0.5) is 0 Å². The highest BCUT2D eigenvalue weighted by molar-refractivity contribution is 5.87. The Morgan fingerprint density at radius 3 is 2.57 bits per heavy atom. The zero-order valence-corrected chi connectivity index (χ0v) is 8.88. The van der Waals surface area contributed by atoms with Crippen LogP contribution in [0.2, 0.25) is 0 Å². The molecule has 0 unspecified atom stereocenters. The molecular formula is C11H18O3. The van der Waals surface area contributed by atoms with E-state index < -0.39 is 11.4 Å². The molecule has 0 atom stereocenters. The number of rotatable bonds is 7. The van der Waals surface area contributed by atoms with Gasteiger partial charge in [0.2, 0.25) is 0 Å². The highest BCUT2D eigenvalue weighted by atomic mass is 16.5. The van der Waals surface area contributed by atoms with Crippen molar-refractivity contribution in [1.82, 2.24) is 0 Å². The van der Waals surface area contributed by atoms with Crippen LogP contribution in [0.1, 0.15) is 20.3 Å². The van der Waals surface area contributed by atoms with Crippen molar-refractivity contribution in [1.29, 1.82) is 0 Å². The Hall–Kier alpha value is -1.09. The highest BCUT2D eigenvalue weighted by Crippen LogP contribution is 2.28. The summed E-state index contributed by atoms with van der Waals surface area (Å²) in [5, 5.41) is 8.76. The summed E-state index contributed by atoms with van der Waals surface area (Å²) in [5.41, 5.74) is -0.202. The Morgan fingerprint density at radius 2 is 2.14 bits per heavy atom. The molecule has 0 aromatic carbocycles. The standard InChI is InChI=1S/C11H18O3/c1-5-7-14-8-6-11(3,4)9(2)10(12)13/h5H,1-2,6-8H2,3-4H3,(H,12,13). The fourth-order valence-electron chi connectivity index (χ4n) is 0.934. The molecule has 14 heavy (non-hydrogen) atoms. The Kier molecular flexibility index (Phi) is 5.16. The van der Waals surface area contributed by atoms with Gasteiger partial charge in [0, 0.05) is 12.2 Å². The topological polar surface area (TPSA) is 46.5 Å². The van der Waals surface area contributed by atoms with E-state index in [1.807, 2.05) is 13.8 Å². The third-order valence-corrected chi connectivity index (χ3v) is 2.18. The van der Waals surface area contributed by atoms with E-state index in [4.69, 9.17) is 9.84 Å². The molecule has 0 saturated heterocycles. The first-order valence-electron chi connectivity index (χ1n) is 4.53. The first-order valence-corrected chi connectivity index (χ1v) is 4.53. The predicted octanol–water partition coefficient (Wildman–Crippen LogP) is 2.25. The van der Waals surface area contributed by atoms with Crippen LogP contribution in [0, 0.1) is 5.41 Å². The molecule has 0 bridgehead atoms. The van der Waals surface area contributed by atoms with Gasteiger partial charge in [-0.25, -0.2) is 4.79 Å². The summed E-state index contributed by atoms with van der Waals surface area (Å²) in [5.74, 6) is -0.946.